The molecule has 0 bridgehead atoms. The van der Waals surface area contributed by atoms with E-state index < -0.39 is 12.0 Å². The number of hydrogen-bond donors (Lipinski definition) is 2. The van der Waals surface area contributed by atoms with Gasteiger partial charge in [-0.2, -0.15) is 0 Å². The van der Waals surface area contributed by atoms with E-state index in [1.54, 1.807) is 19.1 Å². The molecule has 0 aromatic heterocycles. The first-order chi connectivity index (χ1) is 8.97. The normalized spacial score (nSPS) is 9.84. The third-order valence-corrected chi connectivity index (χ3v) is 2.63. The SMILES string of the molecule is CCN(CC(=O)O)C(=O)Nc1cc(Cl)ccc1OC. The van der Waals surface area contributed by atoms with E-state index in [4.69, 9.17) is 21.4 Å². The molecule has 7 heteroatoms. The van der Waals surface area contributed by atoms with Crippen LogP contribution in [-0.2, 0) is 4.79 Å². The summed E-state index contributed by atoms with van der Waals surface area (Å²) in [4.78, 5) is 23.7. The van der Waals surface area contributed by atoms with Crippen LogP contribution in [0.5, 0.6) is 5.75 Å². The van der Waals surface area contributed by atoms with Crippen LogP contribution >= 0.6 is 11.6 Å². The van der Waals surface area contributed by atoms with Crippen LogP contribution in [0.15, 0.2) is 18.2 Å². The van der Waals surface area contributed by atoms with Crippen molar-refractivity contribution in [2.75, 3.05) is 25.5 Å². The number of ether oxygens (including phenoxy) is 1. The van der Waals surface area contributed by atoms with Gasteiger partial charge in [-0.25, -0.2) is 4.79 Å². The molecule has 0 spiro atoms. The Hall–Kier alpha value is -1.95. The molecule has 0 heterocycles. The molecular formula is C12H15ClN2O4. The number of nitrogens with zero attached hydrogens (tertiary/aromatic N) is 1. The van der Waals surface area contributed by atoms with Crippen LogP contribution in [0.2, 0.25) is 5.02 Å². The molecule has 1 rings (SSSR count). The number of hydrogen-bond acceptors (Lipinski definition) is 3. The standard InChI is InChI=1S/C12H15ClN2O4/c1-3-15(7-11(16)17)12(18)14-9-6-8(13)4-5-10(9)19-2/h4-6H,3,7H2,1-2H3,(H,14,18)(H,16,17). The van der Waals surface area contributed by atoms with Gasteiger partial charge in [0.15, 0.2) is 0 Å². The number of amides is 2. The number of likely N-dealkylation sites (N-methyl/N-ethyl adjacent to an activating group) is 1. The first-order valence-corrected chi connectivity index (χ1v) is 5.97. The van der Waals surface area contributed by atoms with Gasteiger partial charge in [0.25, 0.3) is 0 Å². The lowest BCUT2D eigenvalue weighted by molar-refractivity contribution is -0.137. The predicted molar refractivity (Wildman–Crippen MR) is 71.9 cm³/mol. The van der Waals surface area contributed by atoms with Crippen LogP contribution in [0.3, 0.4) is 0 Å². The molecule has 0 saturated heterocycles. The number of nitrogens with one attached hydrogen (secondary N) is 1. The Labute approximate surface area is 115 Å². The minimum atomic E-state index is -1.07. The van der Waals surface area contributed by atoms with Gasteiger partial charge in [-0.3, -0.25) is 4.79 Å². The molecule has 0 unspecified atom stereocenters. The fraction of sp³-hybridized carbons (Fsp3) is 0.333. The maximum atomic E-state index is 11.9. The second-order valence-electron chi connectivity index (χ2n) is 3.68. The number of benzene rings is 1. The molecule has 0 radical (unpaired) electrons. The van der Waals surface area contributed by atoms with Crippen LogP contribution in [0.25, 0.3) is 0 Å². The van der Waals surface area contributed by atoms with E-state index in [2.05, 4.69) is 5.32 Å². The summed E-state index contributed by atoms with van der Waals surface area (Å²) >= 11 is 5.84. The second-order valence-corrected chi connectivity index (χ2v) is 4.12. The molecule has 0 atom stereocenters. The lowest BCUT2D eigenvalue weighted by atomic mass is 10.3. The van der Waals surface area contributed by atoms with E-state index in [0.717, 1.165) is 4.90 Å². The van der Waals surface area contributed by atoms with Crippen LogP contribution < -0.4 is 10.1 Å². The van der Waals surface area contributed by atoms with E-state index in [0.29, 0.717) is 16.5 Å². The highest BCUT2D eigenvalue weighted by Gasteiger charge is 2.16. The summed E-state index contributed by atoms with van der Waals surface area (Å²) in [7, 11) is 1.47. The number of urea groups is 1. The van der Waals surface area contributed by atoms with Crippen molar-refractivity contribution in [2.24, 2.45) is 0 Å². The Morgan fingerprint density at radius 1 is 1.47 bits per heavy atom. The van der Waals surface area contributed by atoms with E-state index in [9.17, 15) is 9.59 Å². The number of anilines is 1. The summed E-state index contributed by atoms with van der Waals surface area (Å²) in [5, 5.41) is 11.7. The number of carbonyl (C=O) groups excluding carboxylic acids is 1. The molecule has 1 aromatic rings. The van der Waals surface area contributed by atoms with Crippen molar-refractivity contribution in [1.82, 2.24) is 4.90 Å². The quantitative estimate of drug-likeness (QED) is 0.870. The topological polar surface area (TPSA) is 78.9 Å². The van der Waals surface area contributed by atoms with Crippen LogP contribution in [-0.4, -0.2) is 42.2 Å². The summed E-state index contributed by atoms with van der Waals surface area (Å²) in [5.41, 5.74) is 0.392. The number of carbonyl (C=O) groups is 2. The van der Waals surface area contributed by atoms with Gasteiger partial charge in [0.2, 0.25) is 0 Å². The molecule has 6 nitrogen and oxygen atoms in total. The van der Waals surface area contributed by atoms with Gasteiger partial charge in [-0.05, 0) is 25.1 Å². The molecule has 0 fully saturated rings. The monoisotopic (exact) mass is 286 g/mol. The highest BCUT2D eigenvalue weighted by molar-refractivity contribution is 6.31. The van der Waals surface area contributed by atoms with Gasteiger partial charge in [0, 0.05) is 11.6 Å². The number of rotatable bonds is 5. The minimum Gasteiger partial charge on any atom is -0.495 e. The minimum absolute atomic E-state index is 0.279. The average molecular weight is 287 g/mol. The lowest BCUT2D eigenvalue weighted by Crippen LogP contribution is -2.38. The molecule has 2 N–H and O–H groups in total. The molecule has 0 aliphatic carbocycles. The van der Waals surface area contributed by atoms with E-state index in [1.807, 2.05) is 0 Å². The van der Waals surface area contributed by atoms with E-state index >= 15 is 0 Å². The van der Waals surface area contributed by atoms with Crippen molar-refractivity contribution < 1.29 is 19.4 Å². The van der Waals surface area contributed by atoms with Crippen LogP contribution in [0.4, 0.5) is 10.5 Å². The summed E-state index contributed by atoms with van der Waals surface area (Å²) < 4.78 is 5.09. The smallest absolute Gasteiger partial charge is 0.323 e. The van der Waals surface area contributed by atoms with Crippen LogP contribution in [0.1, 0.15) is 6.92 Å². The second kappa shape index (κ2) is 6.84. The van der Waals surface area contributed by atoms with Crippen molar-refractivity contribution in [3.63, 3.8) is 0 Å². The van der Waals surface area contributed by atoms with Crippen molar-refractivity contribution in [3.05, 3.63) is 23.2 Å². The Kier molecular flexibility index (Phi) is 5.44. The van der Waals surface area contributed by atoms with Gasteiger partial charge < -0.3 is 20.1 Å². The van der Waals surface area contributed by atoms with E-state index in [-0.39, 0.29) is 13.1 Å². The van der Waals surface area contributed by atoms with Crippen molar-refractivity contribution in [1.29, 1.82) is 0 Å². The number of methoxy groups -OCH3 is 1. The molecule has 104 valence electrons. The third kappa shape index (κ3) is 4.33. The summed E-state index contributed by atoms with van der Waals surface area (Å²) in [6.45, 7) is 1.60. The Balaban J connectivity index is 2.85. The fourth-order valence-electron chi connectivity index (χ4n) is 1.46. The average Bonchev–Trinajstić information content (AvgIpc) is 2.35. The molecular weight excluding hydrogens is 272 g/mol. The molecule has 19 heavy (non-hydrogen) atoms. The third-order valence-electron chi connectivity index (χ3n) is 2.40. The van der Waals surface area contributed by atoms with Gasteiger partial charge in [0.1, 0.15) is 12.3 Å². The summed E-state index contributed by atoms with van der Waals surface area (Å²) in [6.07, 6.45) is 0. The highest BCUT2D eigenvalue weighted by atomic mass is 35.5. The molecule has 0 saturated carbocycles. The lowest BCUT2D eigenvalue weighted by Gasteiger charge is -2.20. The number of carboxylic acid groups (broad SMARTS) is 1. The maximum Gasteiger partial charge on any atom is 0.323 e. The summed E-state index contributed by atoms with van der Waals surface area (Å²) in [6, 6.07) is 4.26. The summed E-state index contributed by atoms with van der Waals surface area (Å²) in [5.74, 6) is -0.626. The fourth-order valence-corrected chi connectivity index (χ4v) is 1.63. The molecule has 2 amide bonds. The Morgan fingerprint density at radius 2 is 2.16 bits per heavy atom. The van der Waals surface area contributed by atoms with Gasteiger partial charge in [0.05, 0.1) is 12.8 Å². The zero-order valence-electron chi connectivity index (χ0n) is 10.6. The first-order valence-electron chi connectivity index (χ1n) is 5.59. The van der Waals surface area contributed by atoms with Crippen molar-refractivity contribution >= 4 is 29.3 Å². The van der Waals surface area contributed by atoms with Gasteiger partial charge >= 0.3 is 12.0 Å². The number of carboxylic acids is 1. The largest absolute Gasteiger partial charge is 0.495 e. The zero-order chi connectivity index (χ0) is 14.4. The molecule has 0 aliphatic rings. The van der Waals surface area contributed by atoms with E-state index in [1.165, 1.54) is 13.2 Å². The number of halogens is 1. The zero-order valence-corrected chi connectivity index (χ0v) is 11.4. The Bertz CT molecular complexity index is 479. The molecule has 0 aliphatic heterocycles. The maximum absolute atomic E-state index is 11.9. The van der Waals surface area contributed by atoms with Gasteiger partial charge in [-0.15, -0.1) is 0 Å². The predicted octanol–water partition coefficient (Wildman–Crippen LogP) is 2.29. The molecule has 1 aromatic carbocycles. The van der Waals surface area contributed by atoms with Crippen LogP contribution in [0, 0.1) is 0 Å². The first kappa shape index (κ1) is 15.1. The number of aliphatic carboxylic acids is 1. The Morgan fingerprint density at radius 3 is 2.68 bits per heavy atom. The van der Waals surface area contributed by atoms with Crippen molar-refractivity contribution in [3.8, 4) is 5.75 Å². The highest BCUT2D eigenvalue weighted by Crippen LogP contribution is 2.27. The van der Waals surface area contributed by atoms with Crippen molar-refractivity contribution in [2.45, 2.75) is 6.92 Å². The van der Waals surface area contributed by atoms with Gasteiger partial charge in [-0.1, -0.05) is 11.6 Å².